The van der Waals surface area contributed by atoms with Gasteiger partial charge in [0.25, 0.3) is 0 Å². The van der Waals surface area contributed by atoms with Crippen LogP contribution in [0.1, 0.15) is 5.56 Å². The second-order valence-corrected chi connectivity index (χ2v) is 6.75. The number of hydrogen-bond acceptors (Lipinski definition) is 2. The fourth-order valence-electron chi connectivity index (χ4n) is 3.79. The highest BCUT2D eigenvalue weighted by Gasteiger charge is 2.20. The number of allylic oxidation sites excluding steroid dienone is 2. The molecule has 0 saturated carbocycles. The van der Waals surface area contributed by atoms with Crippen molar-refractivity contribution < 1.29 is 0 Å². The highest BCUT2D eigenvalue weighted by Crippen LogP contribution is 2.29. The first kappa shape index (κ1) is 15.2. The third-order valence-corrected chi connectivity index (χ3v) is 5.14. The Morgan fingerprint density at radius 3 is 2.35 bits per heavy atom. The minimum atomic E-state index is 0.299. The Morgan fingerprint density at radius 1 is 0.731 bits per heavy atom. The van der Waals surface area contributed by atoms with Gasteiger partial charge in [-0.25, -0.2) is 0 Å². The molecule has 1 unspecified atom stereocenters. The molecule has 26 heavy (non-hydrogen) atoms. The number of rotatable bonds is 2. The molecule has 1 atom stereocenters. The largest absolute Gasteiger partial charge is 0.372 e. The second kappa shape index (κ2) is 6.32. The highest BCUT2D eigenvalue weighted by atomic mass is 15.1. The highest BCUT2D eigenvalue weighted by molar-refractivity contribution is 5.90. The van der Waals surface area contributed by atoms with Gasteiger partial charge < -0.3 is 5.32 Å². The molecule has 1 heterocycles. The predicted octanol–water partition coefficient (Wildman–Crippen LogP) is 4.86. The second-order valence-electron chi connectivity index (χ2n) is 6.75. The van der Waals surface area contributed by atoms with Gasteiger partial charge >= 0.3 is 0 Å². The summed E-state index contributed by atoms with van der Waals surface area (Å²) in [5.74, 6) is 0. The van der Waals surface area contributed by atoms with Crippen LogP contribution in [0.4, 0.5) is 0 Å². The van der Waals surface area contributed by atoms with Crippen LogP contribution in [-0.2, 0) is 0 Å². The van der Waals surface area contributed by atoms with Crippen molar-refractivity contribution in [2.75, 3.05) is 6.67 Å². The van der Waals surface area contributed by atoms with Crippen LogP contribution in [0, 0.1) is 0 Å². The zero-order valence-corrected chi connectivity index (χ0v) is 14.4. The molecule has 2 aliphatic rings. The lowest BCUT2D eigenvalue weighted by Gasteiger charge is -2.29. The average molecular weight is 336 g/mol. The van der Waals surface area contributed by atoms with Gasteiger partial charge in [0.2, 0.25) is 0 Å². The molecular weight excluding hydrogens is 316 g/mol. The van der Waals surface area contributed by atoms with E-state index in [0.29, 0.717) is 6.04 Å². The van der Waals surface area contributed by atoms with Gasteiger partial charge in [-0.05, 0) is 45.2 Å². The summed E-state index contributed by atoms with van der Waals surface area (Å²) in [6, 6.07) is 24.3. The van der Waals surface area contributed by atoms with Gasteiger partial charge in [-0.1, -0.05) is 78.9 Å². The first-order valence-corrected chi connectivity index (χ1v) is 9.04. The van der Waals surface area contributed by atoms with Crippen molar-refractivity contribution in [2.45, 2.75) is 6.04 Å². The maximum absolute atomic E-state index is 3.52. The van der Waals surface area contributed by atoms with Crippen molar-refractivity contribution in [1.82, 2.24) is 10.6 Å². The fourth-order valence-corrected chi connectivity index (χ4v) is 3.79. The van der Waals surface area contributed by atoms with Crippen LogP contribution in [0.25, 0.3) is 27.6 Å². The number of fused-ring (bicyclic) bond motifs is 2. The Kier molecular flexibility index (Phi) is 3.69. The maximum Gasteiger partial charge on any atom is 0.0660 e. The van der Waals surface area contributed by atoms with Crippen molar-refractivity contribution in [2.24, 2.45) is 0 Å². The van der Waals surface area contributed by atoms with Crippen LogP contribution in [0.3, 0.4) is 0 Å². The van der Waals surface area contributed by atoms with E-state index in [9.17, 15) is 0 Å². The minimum Gasteiger partial charge on any atom is -0.372 e. The predicted molar refractivity (Wildman–Crippen MR) is 110 cm³/mol. The molecule has 3 aromatic rings. The minimum absolute atomic E-state index is 0.299. The van der Waals surface area contributed by atoms with E-state index in [0.717, 1.165) is 6.67 Å². The Bertz CT molecular complexity index is 1060. The van der Waals surface area contributed by atoms with Gasteiger partial charge in [0.1, 0.15) is 0 Å². The molecule has 2 heteroatoms. The normalized spacial score (nSPS) is 18.7. The summed E-state index contributed by atoms with van der Waals surface area (Å²) in [4.78, 5) is 0. The van der Waals surface area contributed by atoms with Crippen molar-refractivity contribution in [3.05, 3.63) is 102 Å². The third-order valence-electron chi connectivity index (χ3n) is 5.14. The summed E-state index contributed by atoms with van der Waals surface area (Å²) in [7, 11) is 0. The molecule has 3 aromatic carbocycles. The zero-order valence-electron chi connectivity index (χ0n) is 14.4. The molecule has 1 aliphatic heterocycles. The van der Waals surface area contributed by atoms with Crippen LogP contribution < -0.4 is 10.6 Å². The van der Waals surface area contributed by atoms with Crippen LogP contribution in [-0.4, -0.2) is 12.7 Å². The number of nitrogens with one attached hydrogen (secondary N) is 2. The van der Waals surface area contributed by atoms with E-state index in [-0.39, 0.29) is 0 Å². The molecule has 5 rings (SSSR count). The fraction of sp³-hybridized carbons (Fsp3) is 0.0833. The first-order valence-electron chi connectivity index (χ1n) is 9.04. The lowest BCUT2D eigenvalue weighted by molar-refractivity contribution is 0.600. The zero-order chi connectivity index (χ0) is 17.3. The van der Waals surface area contributed by atoms with E-state index in [1.165, 1.54) is 38.7 Å². The van der Waals surface area contributed by atoms with Crippen molar-refractivity contribution in [1.29, 1.82) is 0 Å². The SMILES string of the molecule is C1=CC2=C(c3ccc4cc(-c5ccccc5)ccc4c3)NCNC2C=C1. The Hall–Kier alpha value is -3.10. The van der Waals surface area contributed by atoms with Crippen molar-refractivity contribution >= 4 is 16.5 Å². The summed E-state index contributed by atoms with van der Waals surface area (Å²) in [6.45, 7) is 0.784. The molecule has 0 spiro atoms. The van der Waals surface area contributed by atoms with E-state index in [1.807, 2.05) is 0 Å². The molecule has 2 nitrogen and oxygen atoms in total. The molecular formula is C24H20N2. The summed E-state index contributed by atoms with van der Waals surface area (Å²) in [5, 5.41) is 9.53. The van der Waals surface area contributed by atoms with E-state index in [4.69, 9.17) is 0 Å². The Balaban J connectivity index is 1.58. The lowest BCUT2D eigenvalue weighted by Crippen LogP contribution is -2.42. The molecule has 2 N–H and O–H groups in total. The molecule has 0 amide bonds. The molecule has 0 bridgehead atoms. The topological polar surface area (TPSA) is 24.1 Å². The van der Waals surface area contributed by atoms with Crippen LogP contribution >= 0.6 is 0 Å². The van der Waals surface area contributed by atoms with Crippen LogP contribution in [0.5, 0.6) is 0 Å². The average Bonchev–Trinajstić information content (AvgIpc) is 2.73. The van der Waals surface area contributed by atoms with Gasteiger partial charge in [0.05, 0.1) is 12.7 Å². The molecule has 126 valence electrons. The number of hydrogen-bond donors (Lipinski definition) is 2. The Morgan fingerprint density at radius 2 is 1.50 bits per heavy atom. The summed E-state index contributed by atoms with van der Waals surface area (Å²) in [6.07, 6.45) is 8.62. The standard InChI is InChI=1S/C24H20N2/c1-2-6-17(7-3-1)18-10-11-20-15-21(13-12-19(20)14-18)24-22-8-4-5-9-23(22)25-16-26-24/h1-15,23,25-26H,16H2. The molecule has 0 saturated heterocycles. The first-order chi connectivity index (χ1) is 12.9. The van der Waals surface area contributed by atoms with Crippen molar-refractivity contribution in [3.8, 4) is 11.1 Å². The van der Waals surface area contributed by atoms with Gasteiger partial charge in [0.15, 0.2) is 0 Å². The van der Waals surface area contributed by atoms with Crippen LogP contribution in [0.2, 0.25) is 0 Å². The van der Waals surface area contributed by atoms with Gasteiger partial charge in [-0.15, -0.1) is 0 Å². The van der Waals surface area contributed by atoms with E-state index < -0.39 is 0 Å². The smallest absolute Gasteiger partial charge is 0.0660 e. The summed E-state index contributed by atoms with van der Waals surface area (Å²) < 4.78 is 0. The van der Waals surface area contributed by atoms with Gasteiger partial charge in [-0.3, -0.25) is 5.32 Å². The van der Waals surface area contributed by atoms with Gasteiger partial charge in [-0.2, -0.15) is 0 Å². The number of benzene rings is 3. The van der Waals surface area contributed by atoms with Crippen molar-refractivity contribution in [3.63, 3.8) is 0 Å². The van der Waals surface area contributed by atoms with Gasteiger partial charge in [0, 0.05) is 5.70 Å². The maximum atomic E-state index is 3.52. The Labute approximate surface area is 153 Å². The van der Waals surface area contributed by atoms with E-state index in [2.05, 4.69) is 102 Å². The molecule has 1 aliphatic carbocycles. The lowest BCUT2D eigenvalue weighted by atomic mass is 9.93. The molecule has 0 radical (unpaired) electrons. The molecule has 0 fully saturated rings. The summed E-state index contributed by atoms with van der Waals surface area (Å²) >= 11 is 0. The van der Waals surface area contributed by atoms with E-state index >= 15 is 0 Å². The monoisotopic (exact) mass is 336 g/mol. The third kappa shape index (κ3) is 2.65. The van der Waals surface area contributed by atoms with E-state index in [1.54, 1.807) is 0 Å². The summed E-state index contributed by atoms with van der Waals surface area (Å²) in [5.41, 5.74) is 6.28. The quantitative estimate of drug-likeness (QED) is 0.698. The van der Waals surface area contributed by atoms with Crippen LogP contribution in [0.15, 0.2) is 96.6 Å². The molecule has 0 aromatic heterocycles.